The van der Waals surface area contributed by atoms with E-state index in [-0.39, 0.29) is 5.91 Å². The topological polar surface area (TPSA) is 32.3 Å². The van der Waals surface area contributed by atoms with Gasteiger partial charge < -0.3 is 10.2 Å². The van der Waals surface area contributed by atoms with E-state index in [0.717, 1.165) is 49.2 Å². The molecule has 2 aliphatic heterocycles. The minimum atomic E-state index is 0.0206. The van der Waals surface area contributed by atoms with Crippen LogP contribution in [0.5, 0.6) is 0 Å². The zero-order chi connectivity index (χ0) is 18.4. The highest BCUT2D eigenvalue weighted by molar-refractivity contribution is 6.31. The molecule has 0 unspecified atom stereocenters. The summed E-state index contributed by atoms with van der Waals surface area (Å²) in [4.78, 5) is 14.6. The number of piperidine rings is 1. The molecule has 3 heteroatoms. The smallest absolute Gasteiger partial charge is 0.256 e. The molecule has 2 heterocycles. The lowest BCUT2D eigenvalue weighted by Gasteiger charge is -2.34. The molecule has 27 heavy (non-hydrogen) atoms. The fourth-order valence-electron chi connectivity index (χ4n) is 4.72. The van der Waals surface area contributed by atoms with Crippen molar-refractivity contribution in [1.82, 2.24) is 4.90 Å². The van der Waals surface area contributed by atoms with Crippen molar-refractivity contribution in [2.45, 2.75) is 32.1 Å². The molecule has 0 radical (unpaired) electrons. The summed E-state index contributed by atoms with van der Waals surface area (Å²) in [6, 6.07) is 15.2. The lowest BCUT2D eigenvalue weighted by molar-refractivity contribution is -0.110. The summed E-state index contributed by atoms with van der Waals surface area (Å²) >= 11 is 0. The van der Waals surface area contributed by atoms with Crippen molar-refractivity contribution >= 4 is 23.2 Å². The maximum atomic E-state index is 12.0. The summed E-state index contributed by atoms with van der Waals surface area (Å²) in [7, 11) is 0. The van der Waals surface area contributed by atoms with E-state index in [4.69, 9.17) is 0 Å². The van der Waals surface area contributed by atoms with Crippen LogP contribution in [0.3, 0.4) is 0 Å². The van der Waals surface area contributed by atoms with E-state index in [1.165, 1.54) is 22.4 Å². The van der Waals surface area contributed by atoms with Crippen molar-refractivity contribution in [1.29, 1.82) is 0 Å². The van der Waals surface area contributed by atoms with Gasteiger partial charge in [-0.25, -0.2) is 0 Å². The molecule has 136 valence electrons. The third-order valence-electron chi connectivity index (χ3n) is 6.24. The molecule has 1 aliphatic carbocycles. The number of carbonyl (C=O) groups is 1. The Morgan fingerprint density at radius 3 is 2.70 bits per heavy atom. The summed E-state index contributed by atoms with van der Waals surface area (Å²) < 4.78 is 0. The summed E-state index contributed by atoms with van der Waals surface area (Å²) in [6.45, 7) is 4.13. The maximum absolute atomic E-state index is 12.0. The maximum Gasteiger partial charge on any atom is 0.256 e. The molecular weight excluding hydrogens is 332 g/mol. The number of nitrogens with zero attached hydrogens (tertiary/aromatic N) is 1. The minimum Gasteiger partial charge on any atom is -0.374 e. The molecule has 0 saturated carbocycles. The van der Waals surface area contributed by atoms with E-state index < -0.39 is 0 Å². The molecule has 2 aromatic rings. The Labute approximate surface area is 160 Å². The number of fused-ring (bicyclic) bond motifs is 2. The molecule has 1 fully saturated rings. The van der Waals surface area contributed by atoms with Gasteiger partial charge in [-0.15, -0.1) is 0 Å². The van der Waals surface area contributed by atoms with Crippen LogP contribution >= 0.6 is 0 Å². The van der Waals surface area contributed by atoms with Crippen molar-refractivity contribution in [3.8, 4) is 0 Å². The SMILES string of the molecule is CC=C1C(=O)Nc2cc(C3CCN(C4=Cc5ccccc5C4)CC3)ccc21. The number of benzene rings is 2. The molecule has 1 saturated heterocycles. The number of allylic oxidation sites excluding steroid dienone is 2. The first-order valence-electron chi connectivity index (χ1n) is 9.88. The Morgan fingerprint density at radius 2 is 1.93 bits per heavy atom. The molecule has 1 amide bonds. The summed E-state index contributed by atoms with van der Waals surface area (Å²) in [5, 5.41) is 3.01. The van der Waals surface area contributed by atoms with Crippen LogP contribution in [-0.2, 0) is 11.2 Å². The molecule has 5 rings (SSSR count). The zero-order valence-corrected chi connectivity index (χ0v) is 15.7. The highest BCUT2D eigenvalue weighted by Gasteiger charge is 2.27. The average Bonchev–Trinajstić information content (AvgIpc) is 3.27. The quantitative estimate of drug-likeness (QED) is 0.783. The van der Waals surface area contributed by atoms with Crippen LogP contribution in [0.2, 0.25) is 0 Å². The molecule has 0 atom stereocenters. The minimum absolute atomic E-state index is 0.0206. The first-order valence-corrected chi connectivity index (χ1v) is 9.88. The lowest BCUT2D eigenvalue weighted by atomic mass is 9.88. The number of carbonyl (C=O) groups excluding carboxylic acids is 1. The van der Waals surface area contributed by atoms with Crippen molar-refractivity contribution in [2.24, 2.45) is 0 Å². The second kappa shape index (κ2) is 6.41. The molecule has 0 aromatic heterocycles. The molecule has 2 aromatic carbocycles. The van der Waals surface area contributed by atoms with Crippen LogP contribution in [-0.4, -0.2) is 23.9 Å². The van der Waals surface area contributed by atoms with Gasteiger partial charge in [0.1, 0.15) is 0 Å². The highest BCUT2D eigenvalue weighted by Crippen LogP contribution is 2.38. The fourth-order valence-corrected chi connectivity index (χ4v) is 4.72. The Morgan fingerprint density at radius 1 is 1.11 bits per heavy atom. The number of amides is 1. The first-order chi connectivity index (χ1) is 13.2. The average molecular weight is 356 g/mol. The number of nitrogens with one attached hydrogen (secondary N) is 1. The van der Waals surface area contributed by atoms with Gasteiger partial charge in [0.15, 0.2) is 0 Å². The van der Waals surface area contributed by atoms with Gasteiger partial charge in [0.25, 0.3) is 5.91 Å². The second-order valence-electron chi connectivity index (χ2n) is 7.73. The summed E-state index contributed by atoms with van der Waals surface area (Å²) in [6.07, 6.45) is 7.65. The van der Waals surface area contributed by atoms with Crippen LogP contribution in [0.4, 0.5) is 5.69 Å². The standard InChI is InChI=1S/C24H24N2O/c1-2-21-22-8-7-19(15-23(22)25-24(21)27)16-9-11-26(12-10-16)20-13-17-5-3-4-6-18(17)14-20/h2-8,13,15-16H,9-12,14H2,1H3,(H,25,27). The monoisotopic (exact) mass is 356 g/mol. The van der Waals surface area contributed by atoms with E-state index in [0.29, 0.717) is 5.92 Å². The van der Waals surface area contributed by atoms with Gasteiger partial charge in [0, 0.05) is 42.0 Å². The van der Waals surface area contributed by atoms with Crippen LogP contribution < -0.4 is 5.32 Å². The van der Waals surface area contributed by atoms with Crippen molar-refractivity contribution in [3.05, 3.63) is 76.5 Å². The molecule has 0 spiro atoms. The summed E-state index contributed by atoms with van der Waals surface area (Å²) in [5.41, 5.74) is 8.45. The van der Waals surface area contributed by atoms with E-state index in [1.807, 2.05) is 13.0 Å². The Hall–Kier alpha value is -2.81. The second-order valence-corrected chi connectivity index (χ2v) is 7.73. The lowest BCUT2D eigenvalue weighted by Crippen LogP contribution is -2.32. The van der Waals surface area contributed by atoms with Gasteiger partial charge in [-0.1, -0.05) is 42.5 Å². The van der Waals surface area contributed by atoms with Crippen molar-refractivity contribution < 1.29 is 4.79 Å². The predicted molar refractivity (Wildman–Crippen MR) is 110 cm³/mol. The van der Waals surface area contributed by atoms with Crippen LogP contribution in [0, 0.1) is 0 Å². The molecule has 1 N–H and O–H groups in total. The van der Waals surface area contributed by atoms with Crippen molar-refractivity contribution in [2.75, 3.05) is 18.4 Å². The number of anilines is 1. The molecule has 3 aliphatic rings. The summed E-state index contributed by atoms with van der Waals surface area (Å²) in [5.74, 6) is 0.592. The van der Waals surface area contributed by atoms with E-state index in [2.05, 4.69) is 58.8 Å². The van der Waals surface area contributed by atoms with E-state index in [1.54, 1.807) is 0 Å². The van der Waals surface area contributed by atoms with Crippen LogP contribution in [0.25, 0.3) is 11.6 Å². The van der Waals surface area contributed by atoms with Gasteiger partial charge in [0.05, 0.1) is 0 Å². The van der Waals surface area contributed by atoms with Gasteiger partial charge in [-0.3, -0.25) is 4.79 Å². The molecule has 0 bridgehead atoms. The van der Waals surface area contributed by atoms with Crippen LogP contribution in [0.15, 0.2) is 54.2 Å². The number of hydrogen-bond donors (Lipinski definition) is 1. The van der Waals surface area contributed by atoms with Crippen molar-refractivity contribution in [3.63, 3.8) is 0 Å². The van der Waals surface area contributed by atoms with Gasteiger partial charge >= 0.3 is 0 Å². The third kappa shape index (κ3) is 2.78. The van der Waals surface area contributed by atoms with E-state index in [9.17, 15) is 4.79 Å². The Balaban J connectivity index is 1.28. The third-order valence-corrected chi connectivity index (χ3v) is 6.24. The zero-order valence-electron chi connectivity index (χ0n) is 15.7. The normalized spacial score (nSPS) is 20.5. The predicted octanol–water partition coefficient (Wildman–Crippen LogP) is 4.82. The van der Waals surface area contributed by atoms with Gasteiger partial charge in [-0.2, -0.15) is 0 Å². The highest BCUT2D eigenvalue weighted by atomic mass is 16.2. The first kappa shape index (κ1) is 16.4. The number of hydrogen-bond acceptors (Lipinski definition) is 2. The van der Waals surface area contributed by atoms with E-state index >= 15 is 0 Å². The Bertz CT molecular complexity index is 978. The van der Waals surface area contributed by atoms with Crippen LogP contribution in [0.1, 0.15) is 47.9 Å². The number of likely N-dealkylation sites (tertiary alicyclic amines) is 1. The Kier molecular flexibility index (Phi) is 3.89. The molecule has 3 nitrogen and oxygen atoms in total. The van der Waals surface area contributed by atoms with Gasteiger partial charge in [-0.05, 0) is 54.5 Å². The van der Waals surface area contributed by atoms with Gasteiger partial charge in [0.2, 0.25) is 0 Å². The molecular formula is C24H24N2O. The number of rotatable bonds is 2. The largest absolute Gasteiger partial charge is 0.374 e. The fraction of sp³-hybridized carbons (Fsp3) is 0.292.